The molecule has 5 nitrogen and oxygen atoms in total. The van der Waals surface area contributed by atoms with Crippen LogP contribution in [0, 0.1) is 6.92 Å². The monoisotopic (exact) mass is 436 g/mol. The third kappa shape index (κ3) is 10.4. The van der Waals surface area contributed by atoms with Crippen LogP contribution >= 0.6 is 0 Å². The molecule has 0 unspecified atom stereocenters. The highest BCUT2D eigenvalue weighted by molar-refractivity contribution is 5.91. The average molecular weight is 437 g/mol. The first-order valence-corrected chi connectivity index (χ1v) is 11.8. The SMILES string of the molecule is CCCCCCCCCCCC(=O)N/N=C/c1ccc(OC(=O)c2ccc(C)cc2)cc1. The van der Waals surface area contributed by atoms with Crippen LogP contribution in [0.15, 0.2) is 53.6 Å². The minimum Gasteiger partial charge on any atom is -0.423 e. The summed E-state index contributed by atoms with van der Waals surface area (Å²) in [7, 11) is 0. The summed E-state index contributed by atoms with van der Waals surface area (Å²) in [5.74, 6) is 0.00476. The number of hydrazone groups is 1. The Morgan fingerprint density at radius 2 is 1.44 bits per heavy atom. The van der Waals surface area contributed by atoms with Crippen molar-refractivity contribution in [3.63, 3.8) is 0 Å². The van der Waals surface area contributed by atoms with Crippen molar-refractivity contribution in [3.05, 3.63) is 65.2 Å². The smallest absolute Gasteiger partial charge is 0.343 e. The van der Waals surface area contributed by atoms with E-state index in [-0.39, 0.29) is 5.91 Å². The fourth-order valence-electron chi connectivity index (χ4n) is 3.31. The summed E-state index contributed by atoms with van der Waals surface area (Å²) in [4.78, 5) is 24.0. The van der Waals surface area contributed by atoms with Crippen LogP contribution in [0.3, 0.4) is 0 Å². The Balaban J connectivity index is 1.61. The molecule has 0 saturated carbocycles. The third-order valence-electron chi connectivity index (χ3n) is 5.29. The maximum Gasteiger partial charge on any atom is 0.343 e. The molecule has 5 heteroatoms. The number of hydrogen-bond donors (Lipinski definition) is 1. The minimum absolute atomic E-state index is 0.0622. The molecule has 0 aliphatic carbocycles. The summed E-state index contributed by atoms with van der Waals surface area (Å²) in [5.41, 5.74) is 4.98. The van der Waals surface area contributed by atoms with E-state index >= 15 is 0 Å². The normalized spacial score (nSPS) is 10.9. The fraction of sp³-hybridized carbons (Fsp3) is 0.444. The molecule has 1 amide bonds. The second kappa shape index (κ2) is 15.0. The Labute approximate surface area is 192 Å². The Bertz CT molecular complexity index is 842. The molecular formula is C27H36N2O3. The molecule has 0 bridgehead atoms. The molecular weight excluding hydrogens is 400 g/mol. The second-order valence-corrected chi connectivity index (χ2v) is 8.20. The molecule has 0 aliphatic rings. The number of benzene rings is 2. The van der Waals surface area contributed by atoms with Crippen LogP contribution in [-0.2, 0) is 4.79 Å². The van der Waals surface area contributed by atoms with Gasteiger partial charge in [-0.1, -0.05) is 76.0 Å². The van der Waals surface area contributed by atoms with E-state index in [9.17, 15) is 9.59 Å². The number of carbonyl (C=O) groups is 2. The zero-order chi connectivity index (χ0) is 23.0. The predicted molar refractivity (Wildman–Crippen MR) is 130 cm³/mol. The maximum absolute atomic E-state index is 12.2. The molecule has 0 saturated heterocycles. The van der Waals surface area contributed by atoms with Crippen LogP contribution in [-0.4, -0.2) is 18.1 Å². The van der Waals surface area contributed by atoms with Gasteiger partial charge in [0.05, 0.1) is 11.8 Å². The van der Waals surface area contributed by atoms with Gasteiger partial charge in [0.2, 0.25) is 5.91 Å². The second-order valence-electron chi connectivity index (χ2n) is 8.20. The lowest BCUT2D eigenvalue weighted by atomic mass is 10.1. The Kier molecular flexibility index (Phi) is 11.8. The molecule has 1 N–H and O–H groups in total. The molecule has 2 rings (SSSR count). The van der Waals surface area contributed by atoms with Gasteiger partial charge in [-0.2, -0.15) is 5.10 Å². The first kappa shape index (κ1) is 25.3. The van der Waals surface area contributed by atoms with E-state index < -0.39 is 5.97 Å². The van der Waals surface area contributed by atoms with Crippen molar-refractivity contribution in [1.82, 2.24) is 5.43 Å². The van der Waals surface area contributed by atoms with E-state index in [1.165, 1.54) is 44.9 Å². The summed E-state index contributed by atoms with van der Waals surface area (Å²) in [6, 6.07) is 14.2. The zero-order valence-corrected chi connectivity index (χ0v) is 19.4. The van der Waals surface area contributed by atoms with Crippen molar-refractivity contribution in [3.8, 4) is 5.75 Å². The van der Waals surface area contributed by atoms with Gasteiger partial charge in [-0.05, 0) is 55.3 Å². The highest BCUT2D eigenvalue weighted by atomic mass is 16.5. The van der Waals surface area contributed by atoms with Gasteiger partial charge >= 0.3 is 5.97 Å². The number of unbranched alkanes of at least 4 members (excludes halogenated alkanes) is 8. The van der Waals surface area contributed by atoms with Crippen molar-refractivity contribution < 1.29 is 14.3 Å². The standard InChI is InChI=1S/C27H36N2O3/c1-3-4-5-6-7-8-9-10-11-12-26(30)29-28-21-23-15-19-25(20-16-23)32-27(31)24-17-13-22(2)14-18-24/h13-21H,3-12H2,1-2H3,(H,29,30)/b28-21+. The van der Waals surface area contributed by atoms with Crippen molar-refractivity contribution in [2.45, 2.75) is 78.1 Å². The van der Waals surface area contributed by atoms with Crippen LogP contribution in [0.4, 0.5) is 0 Å². The largest absolute Gasteiger partial charge is 0.423 e. The van der Waals surface area contributed by atoms with E-state index in [0.717, 1.165) is 24.0 Å². The van der Waals surface area contributed by atoms with E-state index in [1.54, 1.807) is 42.6 Å². The Morgan fingerprint density at radius 3 is 2.06 bits per heavy atom. The molecule has 0 radical (unpaired) electrons. The highest BCUT2D eigenvalue weighted by Gasteiger charge is 2.08. The molecule has 172 valence electrons. The quantitative estimate of drug-likeness (QED) is 0.119. The number of rotatable bonds is 14. The maximum atomic E-state index is 12.2. The Morgan fingerprint density at radius 1 is 0.844 bits per heavy atom. The first-order valence-electron chi connectivity index (χ1n) is 11.8. The van der Waals surface area contributed by atoms with Gasteiger partial charge in [0, 0.05) is 6.42 Å². The lowest BCUT2D eigenvalue weighted by Gasteiger charge is -2.05. The minimum atomic E-state index is -0.393. The molecule has 0 aromatic heterocycles. The lowest BCUT2D eigenvalue weighted by Crippen LogP contribution is -2.16. The lowest BCUT2D eigenvalue weighted by molar-refractivity contribution is -0.121. The van der Waals surface area contributed by atoms with Gasteiger partial charge in [-0.3, -0.25) is 4.79 Å². The van der Waals surface area contributed by atoms with E-state index in [4.69, 9.17) is 4.74 Å². The third-order valence-corrected chi connectivity index (χ3v) is 5.29. The van der Waals surface area contributed by atoms with Gasteiger partial charge in [0.1, 0.15) is 5.75 Å². The van der Waals surface area contributed by atoms with E-state index in [1.807, 2.05) is 19.1 Å². The number of amides is 1. The number of esters is 1. The van der Waals surface area contributed by atoms with Crippen LogP contribution < -0.4 is 10.2 Å². The molecule has 0 heterocycles. The number of nitrogens with zero attached hydrogens (tertiary/aromatic N) is 1. The Hall–Kier alpha value is -2.95. The summed E-state index contributed by atoms with van der Waals surface area (Å²) < 4.78 is 5.38. The number of nitrogens with one attached hydrogen (secondary N) is 1. The number of ether oxygens (including phenoxy) is 1. The zero-order valence-electron chi connectivity index (χ0n) is 19.4. The highest BCUT2D eigenvalue weighted by Crippen LogP contribution is 2.14. The van der Waals surface area contributed by atoms with Gasteiger partial charge in [0.15, 0.2) is 0 Å². The molecule has 0 spiro atoms. The van der Waals surface area contributed by atoms with E-state index in [2.05, 4.69) is 17.5 Å². The van der Waals surface area contributed by atoms with Crippen LogP contribution in [0.2, 0.25) is 0 Å². The molecule has 2 aromatic rings. The van der Waals surface area contributed by atoms with Crippen molar-refractivity contribution in [1.29, 1.82) is 0 Å². The molecule has 32 heavy (non-hydrogen) atoms. The van der Waals surface area contributed by atoms with Crippen LogP contribution in [0.25, 0.3) is 0 Å². The molecule has 0 fully saturated rings. The van der Waals surface area contributed by atoms with E-state index in [0.29, 0.717) is 17.7 Å². The predicted octanol–water partition coefficient (Wildman–Crippen LogP) is 6.59. The number of hydrogen-bond acceptors (Lipinski definition) is 4. The van der Waals surface area contributed by atoms with Gasteiger partial charge < -0.3 is 4.74 Å². The fourth-order valence-corrected chi connectivity index (χ4v) is 3.31. The molecule has 0 atom stereocenters. The number of aryl methyl sites for hydroxylation is 1. The average Bonchev–Trinajstić information content (AvgIpc) is 2.79. The van der Waals surface area contributed by atoms with Crippen LogP contribution in [0.1, 0.15) is 92.6 Å². The van der Waals surface area contributed by atoms with Gasteiger partial charge in [-0.25, -0.2) is 10.2 Å². The summed E-state index contributed by atoms with van der Waals surface area (Å²) in [6.45, 7) is 4.20. The van der Waals surface area contributed by atoms with Gasteiger partial charge in [0.25, 0.3) is 0 Å². The molecule has 2 aromatic carbocycles. The first-order chi connectivity index (χ1) is 15.6. The number of carbonyl (C=O) groups excluding carboxylic acids is 2. The topological polar surface area (TPSA) is 67.8 Å². The van der Waals surface area contributed by atoms with Crippen molar-refractivity contribution >= 4 is 18.1 Å². The summed E-state index contributed by atoms with van der Waals surface area (Å²) in [5, 5.41) is 4.01. The van der Waals surface area contributed by atoms with Crippen molar-refractivity contribution in [2.75, 3.05) is 0 Å². The molecule has 0 aliphatic heterocycles. The van der Waals surface area contributed by atoms with Crippen molar-refractivity contribution in [2.24, 2.45) is 5.10 Å². The summed E-state index contributed by atoms with van der Waals surface area (Å²) in [6.07, 6.45) is 13.1. The summed E-state index contributed by atoms with van der Waals surface area (Å²) >= 11 is 0. The van der Waals surface area contributed by atoms with Crippen LogP contribution in [0.5, 0.6) is 5.75 Å². The van der Waals surface area contributed by atoms with Gasteiger partial charge in [-0.15, -0.1) is 0 Å².